The lowest BCUT2D eigenvalue weighted by atomic mass is 10.1. The number of piperidine rings is 1. The Morgan fingerprint density at radius 1 is 1.29 bits per heavy atom. The van der Waals surface area contributed by atoms with Crippen molar-refractivity contribution < 1.29 is 13.2 Å². The van der Waals surface area contributed by atoms with Gasteiger partial charge in [0.15, 0.2) is 0 Å². The number of benzene rings is 1. The fraction of sp³-hybridized carbons (Fsp3) is 0.538. The van der Waals surface area contributed by atoms with Gasteiger partial charge in [0.2, 0.25) is 10.0 Å². The van der Waals surface area contributed by atoms with E-state index in [0.717, 1.165) is 12.8 Å². The van der Waals surface area contributed by atoms with E-state index in [2.05, 4.69) is 21.2 Å². The zero-order chi connectivity index (χ0) is 14.8. The molecular formula is C13H20BrClN2O3S. The highest BCUT2D eigenvalue weighted by atomic mass is 79.9. The van der Waals surface area contributed by atoms with Crippen LogP contribution in [0.4, 0.5) is 0 Å². The number of methoxy groups -OCH3 is 1. The van der Waals surface area contributed by atoms with E-state index < -0.39 is 10.0 Å². The third kappa shape index (κ3) is 4.32. The number of ether oxygens (including phenoxy) is 1. The number of nitrogens with one attached hydrogen (secondary N) is 1. The Balaban J connectivity index is 0.00000220. The van der Waals surface area contributed by atoms with Gasteiger partial charge in [0.25, 0.3) is 0 Å². The Morgan fingerprint density at radius 2 is 1.90 bits per heavy atom. The van der Waals surface area contributed by atoms with Gasteiger partial charge in [-0.25, -0.2) is 8.42 Å². The summed E-state index contributed by atoms with van der Waals surface area (Å²) >= 11 is 3.32. The van der Waals surface area contributed by atoms with Gasteiger partial charge in [0.1, 0.15) is 5.75 Å². The molecule has 0 spiro atoms. The summed E-state index contributed by atoms with van der Waals surface area (Å²) in [5.74, 6) is 0.531. The first-order valence-corrected chi connectivity index (χ1v) is 8.72. The molecule has 21 heavy (non-hydrogen) atoms. The van der Waals surface area contributed by atoms with E-state index in [-0.39, 0.29) is 17.3 Å². The molecule has 2 rings (SSSR count). The van der Waals surface area contributed by atoms with Crippen molar-refractivity contribution in [1.29, 1.82) is 0 Å². The SMILES string of the molecule is CNC1CCN(S(=O)(=O)c2cc(Br)cc(OC)c2)CC1.Cl. The Hall–Kier alpha value is -0.340. The first kappa shape index (κ1) is 18.7. The quantitative estimate of drug-likeness (QED) is 0.843. The van der Waals surface area contributed by atoms with E-state index >= 15 is 0 Å². The largest absolute Gasteiger partial charge is 0.497 e. The third-order valence-electron chi connectivity index (χ3n) is 3.58. The molecule has 1 aromatic rings. The van der Waals surface area contributed by atoms with Crippen LogP contribution in [0, 0.1) is 0 Å². The summed E-state index contributed by atoms with van der Waals surface area (Å²) in [5, 5.41) is 3.19. The molecule has 0 radical (unpaired) electrons. The van der Waals surface area contributed by atoms with E-state index in [1.165, 1.54) is 7.11 Å². The van der Waals surface area contributed by atoms with Crippen molar-refractivity contribution in [3.63, 3.8) is 0 Å². The topological polar surface area (TPSA) is 58.6 Å². The molecule has 1 saturated heterocycles. The van der Waals surface area contributed by atoms with Gasteiger partial charge in [-0.15, -0.1) is 12.4 Å². The van der Waals surface area contributed by atoms with Crippen molar-refractivity contribution >= 4 is 38.4 Å². The molecule has 8 heteroatoms. The van der Waals surface area contributed by atoms with Crippen LogP contribution < -0.4 is 10.1 Å². The van der Waals surface area contributed by atoms with Gasteiger partial charge in [-0.1, -0.05) is 15.9 Å². The second-order valence-corrected chi connectivity index (χ2v) is 7.65. The molecule has 0 bridgehead atoms. The van der Waals surface area contributed by atoms with Gasteiger partial charge < -0.3 is 10.1 Å². The van der Waals surface area contributed by atoms with Gasteiger partial charge in [0.05, 0.1) is 12.0 Å². The summed E-state index contributed by atoms with van der Waals surface area (Å²) in [5.41, 5.74) is 0. The first-order chi connectivity index (χ1) is 9.47. The van der Waals surface area contributed by atoms with E-state index in [4.69, 9.17) is 4.74 Å². The van der Waals surface area contributed by atoms with Crippen LogP contribution in [0.15, 0.2) is 27.6 Å². The van der Waals surface area contributed by atoms with Gasteiger partial charge in [-0.05, 0) is 32.0 Å². The Labute approximate surface area is 140 Å². The average molecular weight is 400 g/mol. The van der Waals surface area contributed by atoms with Crippen molar-refractivity contribution in [2.75, 3.05) is 27.2 Å². The summed E-state index contributed by atoms with van der Waals surface area (Å²) in [4.78, 5) is 0.270. The standard InChI is InChI=1S/C13H19BrN2O3S.ClH/c1-15-11-3-5-16(6-4-11)20(17,18)13-8-10(14)7-12(9-13)19-2;/h7-9,11,15H,3-6H2,1-2H3;1H. The second-order valence-electron chi connectivity index (χ2n) is 4.79. The molecule has 120 valence electrons. The van der Waals surface area contributed by atoms with Gasteiger partial charge >= 0.3 is 0 Å². The van der Waals surface area contributed by atoms with Crippen LogP contribution in [0.5, 0.6) is 5.75 Å². The molecule has 5 nitrogen and oxygen atoms in total. The molecule has 0 saturated carbocycles. The molecule has 1 aliphatic heterocycles. The van der Waals surface area contributed by atoms with Crippen LogP contribution in [-0.4, -0.2) is 46.0 Å². The predicted octanol–water partition coefficient (Wildman–Crippen LogP) is 2.25. The third-order valence-corrected chi connectivity index (χ3v) is 5.91. The molecule has 0 unspecified atom stereocenters. The van der Waals surface area contributed by atoms with Crippen LogP contribution in [0.25, 0.3) is 0 Å². The van der Waals surface area contributed by atoms with Gasteiger partial charge in [0, 0.05) is 29.7 Å². The minimum absolute atomic E-state index is 0. The monoisotopic (exact) mass is 398 g/mol. The molecule has 1 N–H and O–H groups in total. The molecule has 0 aliphatic carbocycles. The highest BCUT2D eigenvalue weighted by Crippen LogP contribution is 2.27. The lowest BCUT2D eigenvalue weighted by Gasteiger charge is -2.31. The number of sulfonamides is 1. The van der Waals surface area contributed by atoms with E-state index in [1.54, 1.807) is 22.5 Å². The summed E-state index contributed by atoms with van der Waals surface area (Å²) < 4.78 is 32.6. The average Bonchev–Trinajstić information content (AvgIpc) is 2.46. The Bertz CT molecular complexity index is 575. The van der Waals surface area contributed by atoms with Gasteiger partial charge in [-0.2, -0.15) is 4.31 Å². The van der Waals surface area contributed by atoms with Crippen LogP contribution in [0.2, 0.25) is 0 Å². The van der Waals surface area contributed by atoms with Crippen LogP contribution >= 0.6 is 28.3 Å². The zero-order valence-electron chi connectivity index (χ0n) is 12.0. The maximum absolute atomic E-state index is 12.6. The normalized spacial score (nSPS) is 17.3. The fourth-order valence-corrected chi connectivity index (χ4v) is 4.49. The van der Waals surface area contributed by atoms with Crippen molar-refractivity contribution in [3.05, 3.63) is 22.7 Å². The van der Waals surface area contributed by atoms with E-state index in [0.29, 0.717) is 29.4 Å². The smallest absolute Gasteiger partial charge is 0.243 e. The maximum Gasteiger partial charge on any atom is 0.243 e. The summed E-state index contributed by atoms with van der Waals surface area (Å²) in [7, 11) is -0.0181. The fourth-order valence-electron chi connectivity index (χ4n) is 2.34. The van der Waals surface area contributed by atoms with Crippen LogP contribution in [0.1, 0.15) is 12.8 Å². The molecule has 0 amide bonds. The lowest BCUT2D eigenvalue weighted by molar-refractivity contribution is 0.298. The number of hydrogen-bond acceptors (Lipinski definition) is 4. The molecule has 0 aromatic heterocycles. The van der Waals surface area contributed by atoms with E-state index in [9.17, 15) is 8.42 Å². The molecule has 1 aromatic carbocycles. The van der Waals surface area contributed by atoms with Crippen molar-refractivity contribution in [2.24, 2.45) is 0 Å². The number of hydrogen-bond donors (Lipinski definition) is 1. The lowest BCUT2D eigenvalue weighted by Crippen LogP contribution is -2.43. The van der Waals surface area contributed by atoms with E-state index in [1.807, 2.05) is 7.05 Å². The molecule has 1 aliphatic rings. The number of halogens is 2. The zero-order valence-corrected chi connectivity index (χ0v) is 15.2. The van der Waals surface area contributed by atoms with Crippen molar-refractivity contribution in [1.82, 2.24) is 9.62 Å². The first-order valence-electron chi connectivity index (χ1n) is 6.49. The highest BCUT2D eigenvalue weighted by molar-refractivity contribution is 9.10. The van der Waals surface area contributed by atoms with Crippen molar-refractivity contribution in [3.8, 4) is 5.75 Å². The van der Waals surface area contributed by atoms with Crippen LogP contribution in [-0.2, 0) is 10.0 Å². The summed E-state index contributed by atoms with van der Waals surface area (Å²) in [6.45, 7) is 1.09. The highest BCUT2D eigenvalue weighted by Gasteiger charge is 2.29. The molecule has 1 heterocycles. The second kappa shape index (κ2) is 7.78. The summed E-state index contributed by atoms with van der Waals surface area (Å²) in [6, 6.07) is 5.32. The minimum atomic E-state index is -3.45. The van der Waals surface area contributed by atoms with Crippen LogP contribution in [0.3, 0.4) is 0 Å². The Morgan fingerprint density at radius 3 is 2.43 bits per heavy atom. The molecule has 0 atom stereocenters. The number of rotatable bonds is 4. The molecule has 1 fully saturated rings. The maximum atomic E-state index is 12.6. The minimum Gasteiger partial charge on any atom is -0.497 e. The van der Waals surface area contributed by atoms with Gasteiger partial charge in [-0.3, -0.25) is 0 Å². The number of nitrogens with zero attached hydrogens (tertiary/aromatic N) is 1. The predicted molar refractivity (Wildman–Crippen MR) is 88.8 cm³/mol. The Kier molecular flexibility index (Phi) is 6.93. The summed E-state index contributed by atoms with van der Waals surface area (Å²) in [6.07, 6.45) is 1.67. The van der Waals surface area contributed by atoms with Crippen molar-refractivity contribution in [2.45, 2.75) is 23.8 Å². The molecular weight excluding hydrogens is 380 g/mol.